The largest absolute Gasteiger partial charge is 0.495 e. The smallest absolute Gasteiger partial charge is 0.142 e. The maximum absolute atomic E-state index is 5.99. The third-order valence-electron chi connectivity index (χ3n) is 2.70. The number of rotatable bonds is 4. The summed E-state index contributed by atoms with van der Waals surface area (Å²) in [7, 11) is 1.60. The van der Waals surface area contributed by atoms with Gasteiger partial charge in [-0.1, -0.05) is 23.7 Å². The van der Waals surface area contributed by atoms with Crippen LogP contribution in [0.4, 0.5) is 0 Å². The van der Waals surface area contributed by atoms with Crippen LogP contribution in [0.15, 0.2) is 42.7 Å². The molecule has 3 N–H and O–H groups in total. The molecule has 0 radical (unpaired) electrons. The molecule has 18 heavy (non-hydrogen) atoms. The van der Waals surface area contributed by atoms with E-state index in [-0.39, 0.29) is 6.04 Å². The molecule has 1 aromatic carbocycles. The highest BCUT2D eigenvalue weighted by Crippen LogP contribution is 2.29. The molecule has 1 unspecified atom stereocenters. The van der Waals surface area contributed by atoms with Crippen LogP contribution in [0.5, 0.6) is 5.75 Å². The molecule has 5 heteroatoms. The topological polar surface area (TPSA) is 60.2 Å². The van der Waals surface area contributed by atoms with E-state index in [0.717, 1.165) is 11.1 Å². The van der Waals surface area contributed by atoms with Crippen molar-refractivity contribution in [3.8, 4) is 5.75 Å². The number of aromatic nitrogens is 1. The molecule has 0 amide bonds. The second kappa shape index (κ2) is 5.82. The molecular formula is C13H14ClN3O. The highest BCUT2D eigenvalue weighted by Gasteiger charge is 2.16. The first-order chi connectivity index (χ1) is 8.76. The Hall–Kier alpha value is -1.62. The Kier molecular flexibility index (Phi) is 4.15. The second-order valence-corrected chi connectivity index (χ2v) is 4.21. The molecule has 2 rings (SSSR count). The van der Waals surface area contributed by atoms with Gasteiger partial charge in [-0.05, 0) is 23.8 Å². The molecule has 0 aliphatic rings. The minimum atomic E-state index is -0.193. The van der Waals surface area contributed by atoms with Crippen molar-refractivity contribution in [1.29, 1.82) is 0 Å². The summed E-state index contributed by atoms with van der Waals surface area (Å²) < 4.78 is 5.29. The lowest BCUT2D eigenvalue weighted by Crippen LogP contribution is -2.29. The Bertz CT molecular complexity index is 533. The van der Waals surface area contributed by atoms with Crippen molar-refractivity contribution in [2.45, 2.75) is 6.04 Å². The number of benzene rings is 1. The van der Waals surface area contributed by atoms with Gasteiger partial charge < -0.3 is 4.74 Å². The van der Waals surface area contributed by atoms with E-state index in [2.05, 4.69) is 10.4 Å². The van der Waals surface area contributed by atoms with Crippen LogP contribution in [0.3, 0.4) is 0 Å². The highest BCUT2D eigenvalue weighted by atomic mass is 35.5. The Morgan fingerprint density at radius 2 is 2.22 bits per heavy atom. The Labute approximate surface area is 111 Å². The molecule has 0 fully saturated rings. The summed E-state index contributed by atoms with van der Waals surface area (Å²) >= 11 is 5.99. The van der Waals surface area contributed by atoms with Crippen molar-refractivity contribution in [2.75, 3.05) is 7.11 Å². The van der Waals surface area contributed by atoms with Gasteiger partial charge in [0, 0.05) is 16.8 Å². The van der Waals surface area contributed by atoms with E-state index >= 15 is 0 Å². The van der Waals surface area contributed by atoms with Crippen LogP contribution < -0.4 is 16.0 Å². The first kappa shape index (κ1) is 12.8. The summed E-state index contributed by atoms with van der Waals surface area (Å²) in [6.07, 6.45) is 3.36. The Balaban J connectivity index is 2.45. The molecule has 0 aliphatic heterocycles. The van der Waals surface area contributed by atoms with E-state index in [4.69, 9.17) is 22.2 Å². The lowest BCUT2D eigenvalue weighted by Gasteiger charge is -2.19. The third kappa shape index (κ3) is 2.61. The van der Waals surface area contributed by atoms with E-state index in [1.807, 2.05) is 30.3 Å². The molecule has 0 bridgehead atoms. The molecule has 1 heterocycles. The summed E-state index contributed by atoms with van der Waals surface area (Å²) in [6.45, 7) is 0. The van der Waals surface area contributed by atoms with Gasteiger partial charge in [-0.15, -0.1) is 0 Å². The van der Waals surface area contributed by atoms with Crippen LogP contribution in [0.1, 0.15) is 17.2 Å². The van der Waals surface area contributed by atoms with Gasteiger partial charge in [-0.3, -0.25) is 10.8 Å². The van der Waals surface area contributed by atoms with Gasteiger partial charge in [0.2, 0.25) is 0 Å². The second-order valence-electron chi connectivity index (χ2n) is 3.77. The standard InChI is InChI=1S/C13H14ClN3O/c1-18-12-8-16-6-5-11(12)13(17-15)9-3-2-4-10(14)7-9/h2-8,13,17H,15H2,1H3. The predicted octanol–water partition coefficient (Wildman–Crippen LogP) is 2.30. The number of hydrogen-bond donors (Lipinski definition) is 2. The minimum absolute atomic E-state index is 0.193. The number of nitrogens with zero attached hydrogens (tertiary/aromatic N) is 1. The van der Waals surface area contributed by atoms with Crippen molar-refractivity contribution in [2.24, 2.45) is 5.84 Å². The van der Waals surface area contributed by atoms with Crippen LogP contribution in [0, 0.1) is 0 Å². The fourth-order valence-corrected chi connectivity index (χ4v) is 2.05. The Morgan fingerprint density at radius 3 is 2.89 bits per heavy atom. The molecule has 94 valence electrons. The number of halogens is 1. The highest BCUT2D eigenvalue weighted by molar-refractivity contribution is 6.30. The zero-order valence-electron chi connectivity index (χ0n) is 9.93. The van der Waals surface area contributed by atoms with E-state index < -0.39 is 0 Å². The molecule has 0 saturated heterocycles. The van der Waals surface area contributed by atoms with Gasteiger partial charge in [0.15, 0.2) is 0 Å². The van der Waals surface area contributed by atoms with Gasteiger partial charge in [0.05, 0.1) is 19.3 Å². The zero-order chi connectivity index (χ0) is 13.0. The van der Waals surface area contributed by atoms with Crippen LogP contribution >= 0.6 is 11.6 Å². The van der Waals surface area contributed by atoms with Crippen molar-refractivity contribution in [1.82, 2.24) is 10.4 Å². The van der Waals surface area contributed by atoms with Gasteiger partial charge in [0.1, 0.15) is 5.75 Å². The van der Waals surface area contributed by atoms with E-state index in [0.29, 0.717) is 10.8 Å². The van der Waals surface area contributed by atoms with Crippen LogP contribution in [-0.4, -0.2) is 12.1 Å². The van der Waals surface area contributed by atoms with Gasteiger partial charge >= 0.3 is 0 Å². The van der Waals surface area contributed by atoms with Crippen molar-refractivity contribution < 1.29 is 4.74 Å². The normalized spacial score (nSPS) is 12.2. The molecule has 0 aliphatic carbocycles. The monoisotopic (exact) mass is 263 g/mol. The number of pyridine rings is 1. The molecule has 0 spiro atoms. The number of methoxy groups -OCH3 is 1. The summed E-state index contributed by atoms with van der Waals surface area (Å²) in [5.41, 5.74) is 4.65. The quantitative estimate of drug-likeness (QED) is 0.656. The first-order valence-corrected chi connectivity index (χ1v) is 5.83. The van der Waals surface area contributed by atoms with E-state index in [1.54, 1.807) is 19.5 Å². The maximum Gasteiger partial charge on any atom is 0.142 e. The van der Waals surface area contributed by atoms with Gasteiger partial charge in [-0.25, -0.2) is 5.43 Å². The number of nitrogens with two attached hydrogens (primary N) is 1. The van der Waals surface area contributed by atoms with Gasteiger partial charge in [-0.2, -0.15) is 0 Å². The fraction of sp³-hybridized carbons (Fsp3) is 0.154. The molecule has 0 saturated carbocycles. The SMILES string of the molecule is COc1cnccc1C(NN)c1cccc(Cl)c1. The molecule has 1 atom stereocenters. The summed E-state index contributed by atoms with van der Waals surface area (Å²) in [6, 6.07) is 9.20. The predicted molar refractivity (Wildman–Crippen MR) is 71.4 cm³/mol. The molecule has 1 aromatic heterocycles. The van der Waals surface area contributed by atoms with Crippen molar-refractivity contribution in [3.63, 3.8) is 0 Å². The molecule has 2 aromatic rings. The van der Waals surface area contributed by atoms with Crippen LogP contribution in [-0.2, 0) is 0 Å². The average molecular weight is 264 g/mol. The van der Waals surface area contributed by atoms with Crippen molar-refractivity contribution >= 4 is 11.6 Å². The lowest BCUT2D eigenvalue weighted by atomic mass is 9.99. The number of hydrogen-bond acceptors (Lipinski definition) is 4. The van der Waals surface area contributed by atoms with Crippen molar-refractivity contribution in [3.05, 3.63) is 58.9 Å². The number of hydrazine groups is 1. The van der Waals surface area contributed by atoms with Crippen LogP contribution in [0.2, 0.25) is 5.02 Å². The zero-order valence-corrected chi connectivity index (χ0v) is 10.7. The van der Waals surface area contributed by atoms with Gasteiger partial charge in [0.25, 0.3) is 0 Å². The molecule has 4 nitrogen and oxygen atoms in total. The molecular weight excluding hydrogens is 250 g/mol. The lowest BCUT2D eigenvalue weighted by molar-refractivity contribution is 0.402. The number of nitrogens with one attached hydrogen (secondary N) is 1. The van der Waals surface area contributed by atoms with Crippen LogP contribution in [0.25, 0.3) is 0 Å². The van der Waals surface area contributed by atoms with E-state index in [9.17, 15) is 0 Å². The minimum Gasteiger partial charge on any atom is -0.495 e. The third-order valence-corrected chi connectivity index (χ3v) is 2.93. The fourth-order valence-electron chi connectivity index (χ4n) is 1.85. The Morgan fingerprint density at radius 1 is 1.39 bits per heavy atom. The summed E-state index contributed by atoms with van der Waals surface area (Å²) in [5, 5.41) is 0.667. The number of ether oxygens (including phenoxy) is 1. The summed E-state index contributed by atoms with van der Waals surface area (Å²) in [5.74, 6) is 6.32. The first-order valence-electron chi connectivity index (χ1n) is 5.45. The summed E-state index contributed by atoms with van der Waals surface area (Å²) in [4.78, 5) is 4.02. The average Bonchev–Trinajstić information content (AvgIpc) is 2.40. The maximum atomic E-state index is 5.99. The van der Waals surface area contributed by atoms with E-state index in [1.165, 1.54) is 0 Å².